The fraction of sp³-hybridized carbons (Fsp3) is 0.647. The minimum Gasteiger partial charge on any atom is -0.379 e. The maximum atomic E-state index is 12.6. The van der Waals surface area contributed by atoms with Crippen molar-refractivity contribution in [1.82, 2.24) is 15.2 Å². The van der Waals surface area contributed by atoms with Crippen LogP contribution in [0.4, 0.5) is 0 Å². The summed E-state index contributed by atoms with van der Waals surface area (Å²) in [7, 11) is 0. The summed E-state index contributed by atoms with van der Waals surface area (Å²) in [5.74, 6) is 0.109. The van der Waals surface area contributed by atoms with Crippen LogP contribution in [0.1, 0.15) is 25.5 Å². The minimum atomic E-state index is -0.140. The molecule has 1 N–H and O–H groups in total. The molecule has 0 aliphatic carbocycles. The van der Waals surface area contributed by atoms with Crippen molar-refractivity contribution in [3.8, 4) is 0 Å². The molecule has 1 amide bonds. The van der Waals surface area contributed by atoms with E-state index in [1.807, 2.05) is 25.1 Å². The van der Waals surface area contributed by atoms with Crippen LogP contribution in [0, 0.1) is 6.92 Å². The standard InChI is InChI=1S/C17H27N3O2S/c1-3-4-8-18-17(21)15(13-20-9-11-22-12-10-20)23-16-7-5-6-14(2)19-16/h5-7,15H,3-4,8-13H2,1-2H3,(H,18,21). The van der Waals surface area contributed by atoms with Gasteiger partial charge in [0.15, 0.2) is 0 Å². The highest BCUT2D eigenvalue weighted by Crippen LogP contribution is 2.23. The normalized spacial score (nSPS) is 17.0. The van der Waals surface area contributed by atoms with Crippen molar-refractivity contribution in [2.45, 2.75) is 37.0 Å². The number of pyridine rings is 1. The fourth-order valence-corrected chi connectivity index (χ4v) is 3.54. The molecule has 23 heavy (non-hydrogen) atoms. The first-order chi connectivity index (χ1) is 11.2. The molecule has 128 valence electrons. The highest BCUT2D eigenvalue weighted by atomic mass is 32.2. The third-order valence-electron chi connectivity index (χ3n) is 3.78. The molecule has 1 fully saturated rings. The zero-order chi connectivity index (χ0) is 16.5. The summed E-state index contributed by atoms with van der Waals surface area (Å²) >= 11 is 1.56. The van der Waals surface area contributed by atoms with Gasteiger partial charge in [-0.3, -0.25) is 9.69 Å². The van der Waals surface area contributed by atoms with E-state index in [0.717, 1.165) is 63.0 Å². The second-order valence-corrected chi connectivity index (χ2v) is 7.00. The number of rotatable bonds is 8. The van der Waals surface area contributed by atoms with E-state index in [4.69, 9.17) is 4.74 Å². The Balaban J connectivity index is 1.98. The molecule has 0 bridgehead atoms. The van der Waals surface area contributed by atoms with Gasteiger partial charge in [0.1, 0.15) is 5.25 Å². The molecule has 1 aliphatic heterocycles. The average molecular weight is 337 g/mol. The molecule has 1 saturated heterocycles. The van der Waals surface area contributed by atoms with Gasteiger partial charge < -0.3 is 10.1 Å². The van der Waals surface area contributed by atoms with Crippen LogP contribution >= 0.6 is 11.8 Å². The van der Waals surface area contributed by atoms with E-state index >= 15 is 0 Å². The van der Waals surface area contributed by atoms with Gasteiger partial charge in [0.25, 0.3) is 0 Å². The quantitative estimate of drug-likeness (QED) is 0.581. The van der Waals surface area contributed by atoms with Crippen LogP contribution in [0.2, 0.25) is 0 Å². The highest BCUT2D eigenvalue weighted by molar-refractivity contribution is 8.00. The Hall–Kier alpha value is -1.11. The van der Waals surface area contributed by atoms with Gasteiger partial charge in [0.05, 0.1) is 18.2 Å². The van der Waals surface area contributed by atoms with Gasteiger partial charge in [-0.05, 0) is 25.5 Å². The zero-order valence-corrected chi connectivity index (χ0v) is 14.9. The largest absolute Gasteiger partial charge is 0.379 e. The summed E-state index contributed by atoms with van der Waals surface area (Å²) in [4.78, 5) is 19.4. The summed E-state index contributed by atoms with van der Waals surface area (Å²) < 4.78 is 5.39. The van der Waals surface area contributed by atoms with Gasteiger partial charge >= 0.3 is 0 Å². The Labute approximate surface area is 143 Å². The Bertz CT molecular complexity index is 492. The van der Waals surface area contributed by atoms with Crippen LogP contribution in [0.25, 0.3) is 0 Å². The molecular weight excluding hydrogens is 310 g/mol. The number of carbonyl (C=O) groups is 1. The summed E-state index contributed by atoms with van der Waals surface area (Å²) in [5, 5.41) is 3.83. The average Bonchev–Trinajstić information content (AvgIpc) is 2.55. The van der Waals surface area contributed by atoms with Crippen molar-refractivity contribution in [2.24, 2.45) is 0 Å². The van der Waals surface area contributed by atoms with E-state index < -0.39 is 0 Å². The Morgan fingerprint density at radius 1 is 1.43 bits per heavy atom. The topological polar surface area (TPSA) is 54.5 Å². The first kappa shape index (κ1) is 18.2. The first-order valence-electron chi connectivity index (χ1n) is 8.37. The lowest BCUT2D eigenvalue weighted by Gasteiger charge is -2.29. The first-order valence-corrected chi connectivity index (χ1v) is 9.25. The third-order valence-corrected chi connectivity index (χ3v) is 4.89. The van der Waals surface area contributed by atoms with Gasteiger partial charge in [-0.15, -0.1) is 0 Å². The van der Waals surface area contributed by atoms with Crippen molar-refractivity contribution in [1.29, 1.82) is 0 Å². The second-order valence-electron chi connectivity index (χ2n) is 5.78. The lowest BCUT2D eigenvalue weighted by Crippen LogP contribution is -2.45. The molecule has 0 radical (unpaired) electrons. The number of morpholine rings is 1. The number of ether oxygens (including phenoxy) is 1. The summed E-state index contributed by atoms with van der Waals surface area (Å²) in [6.07, 6.45) is 2.10. The van der Waals surface area contributed by atoms with E-state index in [-0.39, 0.29) is 11.2 Å². The monoisotopic (exact) mass is 337 g/mol. The van der Waals surface area contributed by atoms with Crippen LogP contribution in [0.15, 0.2) is 23.2 Å². The number of amides is 1. The summed E-state index contributed by atoms with van der Waals surface area (Å²) in [6, 6.07) is 5.94. The second kappa shape index (κ2) is 9.90. The van der Waals surface area contributed by atoms with E-state index in [1.165, 1.54) is 0 Å². The van der Waals surface area contributed by atoms with Crippen LogP contribution < -0.4 is 5.32 Å². The van der Waals surface area contributed by atoms with Crippen molar-refractivity contribution in [2.75, 3.05) is 39.4 Å². The molecular formula is C17H27N3O2S. The van der Waals surface area contributed by atoms with E-state index in [2.05, 4.69) is 22.1 Å². The van der Waals surface area contributed by atoms with E-state index in [9.17, 15) is 4.79 Å². The van der Waals surface area contributed by atoms with Crippen molar-refractivity contribution >= 4 is 17.7 Å². The molecule has 2 rings (SSSR count). The van der Waals surface area contributed by atoms with Crippen molar-refractivity contribution in [3.05, 3.63) is 23.9 Å². The number of carbonyl (C=O) groups excluding carboxylic acids is 1. The molecule has 1 unspecified atom stereocenters. The number of aromatic nitrogens is 1. The van der Waals surface area contributed by atoms with Crippen LogP contribution in [-0.2, 0) is 9.53 Å². The van der Waals surface area contributed by atoms with Gasteiger partial charge in [-0.2, -0.15) is 0 Å². The maximum absolute atomic E-state index is 12.6. The van der Waals surface area contributed by atoms with Crippen LogP contribution in [0.3, 0.4) is 0 Å². The van der Waals surface area contributed by atoms with Crippen molar-refractivity contribution < 1.29 is 9.53 Å². The molecule has 1 aromatic rings. The van der Waals surface area contributed by atoms with Gasteiger partial charge in [-0.1, -0.05) is 31.2 Å². The van der Waals surface area contributed by atoms with E-state index in [1.54, 1.807) is 11.8 Å². The fourth-order valence-electron chi connectivity index (χ4n) is 2.42. The highest BCUT2D eigenvalue weighted by Gasteiger charge is 2.24. The molecule has 0 spiro atoms. The summed E-state index contributed by atoms with van der Waals surface area (Å²) in [6.45, 7) is 8.86. The number of hydrogen-bond acceptors (Lipinski definition) is 5. The molecule has 5 nitrogen and oxygen atoms in total. The number of nitrogens with zero attached hydrogens (tertiary/aromatic N) is 2. The lowest BCUT2D eigenvalue weighted by atomic mass is 10.3. The smallest absolute Gasteiger partial charge is 0.234 e. The van der Waals surface area contributed by atoms with Crippen LogP contribution in [-0.4, -0.2) is 60.4 Å². The predicted molar refractivity (Wildman–Crippen MR) is 93.8 cm³/mol. The zero-order valence-electron chi connectivity index (χ0n) is 14.1. The van der Waals surface area contributed by atoms with Gasteiger partial charge in [0, 0.05) is 31.9 Å². The summed E-state index contributed by atoms with van der Waals surface area (Å²) in [5.41, 5.74) is 0.978. The molecule has 6 heteroatoms. The maximum Gasteiger partial charge on any atom is 0.234 e. The number of unbranched alkanes of at least 4 members (excludes halogenated alkanes) is 1. The third kappa shape index (κ3) is 6.49. The number of aryl methyl sites for hydroxylation is 1. The van der Waals surface area contributed by atoms with E-state index in [0.29, 0.717) is 0 Å². The van der Waals surface area contributed by atoms with Crippen molar-refractivity contribution in [3.63, 3.8) is 0 Å². The SMILES string of the molecule is CCCCNC(=O)C(CN1CCOCC1)Sc1cccc(C)n1. The Morgan fingerprint density at radius 3 is 2.91 bits per heavy atom. The molecule has 2 heterocycles. The predicted octanol–water partition coefficient (Wildman–Crippen LogP) is 2.10. The number of nitrogens with one attached hydrogen (secondary N) is 1. The molecule has 1 atom stereocenters. The number of hydrogen-bond donors (Lipinski definition) is 1. The Kier molecular flexibility index (Phi) is 7.85. The molecule has 1 aromatic heterocycles. The Morgan fingerprint density at radius 2 is 2.22 bits per heavy atom. The molecule has 1 aliphatic rings. The van der Waals surface area contributed by atoms with Gasteiger partial charge in [0.2, 0.25) is 5.91 Å². The molecule has 0 saturated carbocycles. The number of thioether (sulfide) groups is 1. The lowest BCUT2D eigenvalue weighted by molar-refractivity contribution is -0.121. The van der Waals surface area contributed by atoms with Crippen LogP contribution in [0.5, 0.6) is 0 Å². The minimum absolute atomic E-state index is 0.109. The van der Waals surface area contributed by atoms with Gasteiger partial charge in [-0.25, -0.2) is 4.98 Å². The molecule has 0 aromatic carbocycles.